The zero-order valence-corrected chi connectivity index (χ0v) is 9.83. The molecule has 0 spiro atoms. The summed E-state index contributed by atoms with van der Waals surface area (Å²) < 4.78 is 18.0. The lowest BCUT2D eigenvalue weighted by Crippen LogP contribution is -1.85. The van der Waals surface area contributed by atoms with Gasteiger partial charge in [-0.25, -0.2) is 4.39 Å². The summed E-state index contributed by atoms with van der Waals surface area (Å²) in [4.78, 5) is 0. The molecule has 0 radical (unpaired) electrons. The van der Waals surface area contributed by atoms with Gasteiger partial charge in [0.2, 0.25) is 0 Å². The van der Waals surface area contributed by atoms with Crippen LogP contribution in [0.5, 0.6) is 11.5 Å². The third kappa shape index (κ3) is 2.34. The Morgan fingerprint density at radius 3 is 2.53 bits per heavy atom. The fourth-order valence-electron chi connectivity index (χ4n) is 1.54. The highest BCUT2D eigenvalue weighted by molar-refractivity contribution is 6.33. The van der Waals surface area contributed by atoms with Crippen LogP contribution in [-0.2, 0) is 0 Å². The van der Waals surface area contributed by atoms with Crippen molar-refractivity contribution >= 4 is 11.6 Å². The molecule has 0 amide bonds. The number of hydrogen-bond donors (Lipinski definition) is 1. The Kier molecular flexibility index (Phi) is 3.20. The first-order valence-electron chi connectivity index (χ1n) is 4.94. The van der Waals surface area contributed by atoms with Gasteiger partial charge in [0.05, 0.1) is 12.1 Å². The summed E-state index contributed by atoms with van der Waals surface area (Å²) in [5.74, 6) is -0.405. The van der Waals surface area contributed by atoms with Gasteiger partial charge in [-0.15, -0.1) is 0 Å². The minimum absolute atomic E-state index is 0.394. The van der Waals surface area contributed by atoms with Gasteiger partial charge in [-0.1, -0.05) is 17.7 Å². The predicted molar refractivity (Wildman–Crippen MR) is 65.1 cm³/mol. The van der Waals surface area contributed by atoms with Crippen LogP contribution < -0.4 is 4.74 Å². The molecule has 2 aromatic rings. The molecule has 0 bridgehead atoms. The fraction of sp³-hybridized carbons (Fsp3) is 0.0769. The smallest absolute Gasteiger partial charge is 0.164 e. The maximum atomic E-state index is 12.9. The molecule has 0 aliphatic heterocycles. The van der Waals surface area contributed by atoms with E-state index in [1.54, 1.807) is 31.4 Å². The van der Waals surface area contributed by atoms with Crippen molar-refractivity contribution in [2.24, 2.45) is 0 Å². The van der Waals surface area contributed by atoms with Gasteiger partial charge in [0, 0.05) is 5.56 Å². The maximum absolute atomic E-state index is 12.9. The van der Waals surface area contributed by atoms with Gasteiger partial charge in [-0.05, 0) is 35.9 Å². The Morgan fingerprint density at radius 1 is 1.18 bits per heavy atom. The number of halogens is 2. The largest absolute Gasteiger partial charge is 0.505 e. The third-order valence-corrected chi connectivity index (χ3v) is 2.75. The van der Waals surface area contributed by atoms with Crippen LogP contribution in [0.15, 0.2) is 36.4 Å². The summed E-state index contributed by atoms with van der Waals surface area (Å²) in [6.45, 7) is 0. The van der Waals surface area contributed by atoms with Crippen LogP contribution >= 0.6 is 11.6 Å². The van der Waals surface area contributed by atoms with Crippen LogP contribution in [-0.4, -0.2) is 12.2 Å². The zero-order chi connectivity index (χ0) is 12.4. The van der Waals surface area contributed by atoms with E-state index in [1.165, 1.54) is 12.1 Å². The SMILES string of the molecule is COc1ccc(-c2ccc(F)c(O)c2)c(Cl)c1. The second kappa shape index (κ2) is 4.63. The third-order valence-electron chi connectivity index (χ3n) is 2.43. The van der Waals surface area contributed by atoms with Crippen LogP contribution in [0.25, 0.3) is 11.1 Å². The molecule has 88 valence electrons. The Hall–Kier alpha value is -1.74. The fourth-order valence-corrected chi connectivity index (χ4v) is 1.82. The van der Waals surface area contributed by atoms with Crippen molar-refractivity contribution in [3.05, 3.63) is 47.2 Å². The molecule has 0 unspecified atom stereocenters. The number of phenolic OH excluding ortho intramolecular Hbond substituents is 1. The van der Waals surface area contributed by atoms with Crippen molar-refractivity contribution in [3.63, 3.8) is 0 Å². The van der Waals surface area contributed by atoms with E-state index in [1.807, 2.05) is 0 Å². The number of rotatable bonds is 2. The lowest BCUT2D eigenvalue weighted by molar-refractivity contribution is 0.415. The normalized spacial score (nSPS) is 10.3. The number of hydrogen-bond acceptors (Lipinski definition) is 2. The van der Waals surface area contributed by atoms with Crippen LogP contribution in [0.1, 0.15) is 0 Å². The van der Waals surface area contributed by atoms with Gasteiger partial charge in [0.1, 0.15) is 5.75 Å². The van der Waals surface area contributed by atoms with E-state index >= 15 is 0 Å². The molecule has 0 aromatic heterocycles. The van der Waals surface area contributed by atoms with Gasteiger partial charge in [-0.3, -0.25) is 0 Å². The van der Waals surface area contributed by atoms with Gasteiger partial charge in [0.25, 0.3) is 0 Å². The quantitative estimate of drug-likeness (QED) is 0.879. The first kappa shape index (κ1) is 11.7. The molecule has 1 N–H and O–H groups in total. The number of phenols is 1. The van der Waals surface area contributed by atoms with Crippen LogP contribution in [0.4, 0.5) is 4.39 Å². The van der Waals surface area contributed by atoms with Crippen LogP contribution in [0.3, 0.4) is 0 Å². The second-order valence-electron chi connectivity index (χ2n) is 3.51. The van der Waals surface area contributed by atoms with Gasteiger partial charge >= 0.3 is 0 Å². The summed E-state index contributed by atoms with van der Waals surface area (Å²) in [7, 11) is 1.55. The lowest BCUT2D eigenvalue weighted by atomic mass is 10.1. The average Bonchev–Trinajstić information content (AvgIpc) is 2.32. The molecule has 17 heavy (non-hydrogen) atoms. The molecule has 2 rings (SSSR count). The van der Waals surface area contributed by atoms with Gasteiger partial charge in [-0.2, -0.15) is 0 Å². The minimum Gasteiger partial charge on any atom is -0.505 e. The molecule has 2 aromatic carbocycles. The van der Waals surface area contributed by atoms with Crippen molar-refractivity contribution in [3.8, 4) is 22.6 Å². The number of benzene rings is 2. The summed E-state index contributed by atoms with van der Waals surface area (Å²) in [6.07, 6.45) is 0. The van der Waals surface area contributed by atoms with Gasteiger partial charge in [0.15, 0.2) is 11.6 Å². The average molecular weight is 253 g/mol. The summed E-state index contributed by atoms with van der Waals surface area (Å²) in [5, 5.41) is 9.79. The molecule has 2 nitrogen and oxygen atoms in total. The van der Waals surface area contributed by atoms with Crippen molar-refractivity contribution in [1.82, 2.24) is 0 Å². The van der Waals surface area contributed by atoms with Crippen LogP contribution in [0.2, 0.25) is 5.02 Å². The summed E-state index contributed by atoms with van der Waals surface area (Å²) in [5.41, 5.74) is 1.36. The molecular weight excluding hydrogens is 243 g/mol. The molecule has 0 aliphatic carbocycles. The van der Waals surface area contributed by atoms with E-state index in [0.717, 1.165) is 0 Å². The number of methoxy groups -OCH3 is 1. The lowest BCUT2D eigenvalue weighted by Gasteiger charge is -2.07. The highest BCUT2D eigenvalue weighted by Crippen LogP contribution is 2.33. The molecule has 0 atom stereocenters. The standard InChI is InChI=1S/C13H10ClFO2/c1-17-9-3-4-10(11(14)7-9)8-2-5-12(15)13(16)6-8/h2-7,16H,1H3. The molecule has 0 saturated carbocycles. The predicted octanol–water partition coefficient (Wildman–Crippen LogP) is 3.86. The monoisotopic (exact) mass is 252 g/mol. The van der Waals surface area contributed by atoms with E-state index < -0.39 is 11.6 Å². The zero-order valence-electron chi connectivity index (χ0n) is 9.08. The molecule has 0 fully saturated rings. The first-order valence-corrected chi connectivity index (χ1v) is 5.32. The van der Waals surface area contributed by atoms with Crippen molar-refractivity contribution in [1.29, 1.82) is 0 Å². The number of ether oxygens (including phenoxy) is 1. The highest BCUT2D eigenvalue weighted by Gasteiger charge is 2.08. The highest BCUT2D eigenvalue weighted by atomic mass is 35.5. The molecule has 4 heteroatoms. The van der Waals surface area contributed by atoms with E-state index in [-0.39, 0.29) is 0 Å². The van der Waals surface area contributed by atoms with Crippen LogP contribution in [0, 0.1) is 5.82 Å². The Balaban J connectivity index is 2.49. The summed E-state index contributed by atoms with van der Waals surface area (Å²) in [6, 6.07) is 9.27. The molecule has 0 aliphatic rings. The maximum Gasteiger partial charge on any atom is 0.164 e. The van der Waals surface area contributed by atoms with Crippen molar-refractivity contribution < 1.29 is 14.2 Å². The van der Waals surface area contributed by atoms with E-state index in [0.29, 0.717) is 21.9 Å². The minimum atomic E-state index is -0.654. The van der Waals surface area contributed by atoms with Crippen molar-refractivity contribution in [2.45, 2.75) is 0 Å². The Labute approximate surface area is 103 Å². The molecule has 0 saturated heterocycles. The van der Waals surface area contributed by atoms with E-state index in [9.17, 15) is 9.50 Å². The topological polar surface area (TPSA) is 29.5 Å². The second-order valence-corrected chi connectivity index (χ2v) is 3.92. The number of aromatic hydroxyl groups is 1. The Morgan fingerprint density at radius 2 is 1.94 bits per heavy atom. The molecule has 0 heterocycles. The molecular formula is C13H10ClFO2. The Bertz CT molecular complexity index is 555. The first-order chi connectivity index (χ1) is 8.11. The van der Waals surface area contributed by atoms with Gasteiger partial charge < -0.3 is 9.84 Å². The van der Waals surface area contributed by atoms with E-state index in [4.69, 9.17) is 16.3 Å². The van der Waals surface area contributed by atoms with E-state index in [2.05, 4.69) is 0 Å². The van der Waals surface area contributed by atoms with Crippen molar-refractivity contribution in [2.75, 3.05) is 7.11 Å². The summed E-state index contributed by atoms with van der Waals surface area (Å²) >= 11 is 6.08.